The first kappa shape index (κ1) is 69.1. The largest absolute Gasteiger partial charge is 0.394 e. The topological polar surface area (TPSA) is 149 Å². The minimum absolute atomic E-state index is 0.205. The molecule has 6 N–H and O–H groups in total. The van der Waals surface area contributed by atoms with Crippen LogP contribution in [0.15, 0.2) is 146 Å². The average Bonchev–Trinajstić information content (AvgIpc) is 3.41. The molecule has 0 spiro atoms. The lowest BCUT2D eigenvalue weighted by Crippen LogP contribution is -2.60. The van der Waals surface area contributed by atoms with Gasteiger partial charge >= 0.3 is 0 Å². The fourth-order valence-electron chi connectivity index (χ4n) is 8.24. The predicted molar refractivity (Wildman–Crippen MR) is 317 cm³/mol. The molecule has 9 heteroatoms. The molecule has 1 aliphatic rings. The molecular weight excluding hydrogens is 935 g/mol. The molecule has 0 saturated carbocycles. The van der Waals surface area contributed by atoms with E-state index in [1.807, 2.05) is 6.08 Å². The van der Waals surface area contributed by atoms with Crippen LogP contribution in [-0.2, 0) is 14.3 Å². The summed E-state index contributed by atoms with van der Waals surface area (Å²) in [4.78, 5) is 13.0. The number of rotatable bonds is 48. The standard InChI is InChI=1S/C66H107NO8/c1-3-5-7-9-11-13-15-17-19-20-21-22-23-24-25-26-27-28-29-30-31-32-33-34-35-36-37-38-39-40-42-44-46-48-50-52-54-56-62(70)67-59(58-74-66-65(73)64(72)63(71)61(57-68)75-66)60(69)55-53-51-49-47-45-43-41-18-16-14-12-10-8-6-4-2/h5,7,11,13,16-19,21-22,24-25,27-28,30-31,33-34,36-37,45,47,53,55,59-61,63-66,68-69,71-73H,3-4,6,8-10,12,14-15,20,23,26,29,32,35,38-44,46,48-52,54,56-58H2,1-2H3,(H,67,70)/b7-5-,13-11-,18-16+,19-17-,22-21-,25-24-,28-27-,31-30-,34-33-,37-36-,47-45+,55-53+. The van der Waals surface area contributed by atoms with Gasteiger partial charge in [-0.3, -0.25) is 4.79 Å². The van der Waals surface area contributed by atoms with Crippen molar-refractivity contribution in [2.75, 3.05) is 13.2 Å². The molecule has 424 valence electrons. The first-order chi connectivity index (χ1) is 36.8. The van der Waals surface area contributed by atoms with Gasteiger partial charge in [-0.1, -0.05) is 230 Å². The highest BCUT2D eigenvalue weighted by atomic mass is 16.7. The average molecular weight is 1040 g/mol. The summed E-state index contributed by atoms with van der Waals surface area (Å²) in [7, 11) is 0. The van der Waals surface area contributed by atoms with Crippen molar-refractivity contribution in [2.24, 2.45) is 0 Å². The Kier molecular flexibility index (Phi) is 49.2. The van der Waals surface area contributed by atoms with Gasteiger partial charge in [0, 0.05) is 6.42 Å². The Morgan fingerprint density at radius 1 is 0.467 bits per heavy atom. The molecule has 7 unspecified atom stereocenters. The zero-order chi connectivity index (χ0) is 54.3. The normalized spacial score (nSPS) is 20.0. The lowest BCUT2D eigenvalue weighted by Gasteiger charge is -2.40. The third-order valence-corrected chi connectivity index (χ3v) is 12.9. The van der Waals surface area contributed by atoms with Crippen LogP contribution in [0.2, 0.25) is 0 Å². The summed E-state index contributed by atoms with van der Waals surface area (Å²) in [5.41, 5.74) is 0. The van der Waals surface area contributed by atoms with E-state index in [0.29, 0.717) is 6.42 Å². The third-order valence-electron chi connectivity index (χ3n) is 12.9. The lowest BCUT2D eigenvalue weighted by molar-refractivity contribution is -0.302. The molecule has 1 rings (SSSR count). The van der Waals surface area contributed by atoms with Crippen molar-refractivity contribution in [3.63, 3.8) is 0 Å². The fourth-order valence-corrected chi connectivity index (χ4v) is 8.24. The number of carbonyl (C=O) groups excluding carboxylic acids is 1. The number of aliphatic hydroxyl groups excluding tert-OH is 5. The van der Waals surface area contributed by atoms with E-state index in [1.165, 1.54) is 64.2 Å². The first-order valence-corrected chi connectivity index (χ1v) is 29.6. The van der Waals surface area contributed by atoms with E-state index in [1.54, 1.807) is 6.08 Å². The number of carbonyl (C=O) groups is 1. The molecule has 0 aromatic heterocycles. The van der Waals surface area contributed by atoms with Crippen LogP contribution >= 0.6 is 0 Å². The minimum atomic E-state index is -1.58. The summed E-state index contributed by atoms with van der Waals surface area (Å²) >= 11 is 0. The predicted octanol–water partition coefficient (Wildman–Crippen LogP) is 15.1. The van der Waals surface area contributed by atoms with Crippen molar-refractivity contribution >= 4 is 5.91 Å². The maximum atomic E-state index is 13.0. The number of nitrogens with one attached hydrogen (secondary N) is 1. The van der Waals surface area contributed by atoms with Gasteiger partial charge in [0.05, 0.1) is 25.4 Å². The minimum Gasteiger partial charge on any atom is -0.394 e. The van der Waals surface area contributed by atoms with Crippen molar-refractivity contribution in [3.8, 4) is 0 Å². The molecule has 0 bridgehead atoms. The summed E-state index contributed by atoms with van der Waals surface area (Å²) in [6.45, 7) is 3.60. The molecule has 1 amide bonds. The Bertz CT molecular complexity index is 1680. The Hall–Kier alpha value is -3.93. The molecular formula is C66H107NO8. The maximum Gasteiger partial charge on any atom is 0.220 e. The van der Waals surface area contributed by atoms with Gasteiger partial charge in [-0.2, -0.15) is 0 Å². The van der Waals surface area contributed by atoms with E-state index in [9.17, 15) is 30.3 Å². The SMILES string of the molecule is CC/C=C\C/C=C\C/C=C\C/C=C\C/C=C\C/C=C\C/C=C\C/C=C\C/C=C\CCCCCCCCCCCC(=O)NC(COC1OC(CO)C(O)C(O)C1O)C(O)/C=C/CC/C=C/CC/C=C/CCCCCCC. The molecule has 1 heterocycles. The Labute approximate surface area is 457 Å². The van der Waals surface area contributed by atoms with E-state index < -0.39 is 49.5 Å². The highest BCUT2D eigenvalue weighted by Crippen LogP contribution is 2.22. The molecule has 9 nitrogen and oxygen atoms in total. The number of aliphatic hydroxyl groups is 5. The van der Waals surface area contributed by atoms with E-state index >= 15 is 0 Å². The van der Waals surface area contributed by atoms with Crippen LogP contribution in [0.5, 0.6) is 0 Å². The van der Waals surface area contributed by atoms with Gasteiger partial charge in [0.15, 0.2) is 6.29 Å². The van der Waals surface area contributed by atoms with E-state index in [-0.39, 0.29) is 12.5 Å². The van der Waals surface area contributed by atoms with Crippen LogP contribution in [0.4, 0.5) is 0 Å². The van der Waals surface area contributed by atoms with Gasteiger partial charge in [-0.05, 0) is 116 Å². The second-order valence-electron chi connectivity index (χ2n) is 19.7. The van der Waals surface area contributed by atoms with Crippen molar-refractivity contribution in [2.45, 2.75) is 249 Å². The summed E-state index contributed by atoms with van der Waals surface area (Å²) < 4.78 is 11.2. The van der Waals surface area contributed by atoms with Crippen LogP contribution in [0.3, 0.4) is 0 Å². The Morgan fingerprint density at radius 2 is 0.840 bits per heavy atom. The Morgan fingerprint density at radius 3 is 1.28 bits per heavy atom. The first-order valence-electron chi connectivity index (χ1n) is 29.6. The van der Waals surface area contributed by atoms with Crippen molar-refractivity contribution < 1.29 is 39.8 Å². The Balaban J connectivity index is 2.20. The molecule has 0 aromatic rings. The summed E-state index contributed by atoms with van der Waals surface area (Å²) in [5, 5.41) is 54.4. The molecule has 7 atom stereocenters. The van der Waals surface area contributed by atoms with Crippen LogP contribution in [0.1, 0.15) is 206 Å². The molecule has 1 saturated heterocycles. The smallest absolute Gasteiger partial charge is 0.220 e. The van der Waals surface area contributed by atoms with Gasteiger partial charge in [0.1, 0.15) is 24.4 Å². The second-order valence-corrected chi connectivity index (χ2v) is 19.7. The third kappa shape index (κ3) is 42.8. The highest BCUT2D eigenvalue weighted by Gasteiger charge is 2.44. The number of unbranched alkanes of at least 4 members (excludes halogenated alkanes) is 16. The molecule has 1 aliphatic heterocycles. The zero-order valence-electron chi connectivity index (χ0n) is 47.0. The summed E-state index contributed by atoms with van der Waals surface area (Å²) in [6.07, 6.45) is 76.3. The van der Waals surface area contributed by atoms with Crippen molar-refractivity contribution in [1.82, 2.24) is 5.32 Å². The van der Waals surface area contributed by atoms with Crippen LogP contribution < -0.4 is 5.32 Å². The van der Waals surface area contributed by atoms with Gasteiger partial charge < -0.3 is 40.3 Å². The summed E-state index contributed by atoms with van der Waals surface area (Å²) in [6, 6.07) is -0.842. The number of hydrogen-bond acceptors (Lipinski definition) is 8. The molecule has 75 heavy (non-hydrogen) atoms. The van der Waals surface area contributed by atoms with Crippen molar-refractivity contribution in [3.05, 3.63) is 146 Å². The monoisotopic (exact) mass is 1040 g/mol. The number of allylic oxidation sites excluding steroid dienone is 23. The van der Waals surface area contributed by atoms with Gasteiger partial charge in [-0.25, -0.2) is 0 Å². The van der Waals surface area contributed by atoms with Crippen LogP contribution in [0.25, 0.3) is 0 Å². The molecule has 1 fully saturated rings. The van der Waals surface area contributed by atoms with E-state index in [4.69, 9.17) is 9.47 Å². The molecule has 0 aliphatic carbocycles. The van der Waals surface area contributed by atoms with Crippen LogP contribution in [-0.4, -0.2) is 87.5 Å². The van der Waals surface area contributed by atoms with Gasteiger partial charge in [0.25, 0.3) is 0 Å². The maximum absolute atomic E-state index is 13.0. The number of amides is 1. The zero-order valence-corrected chi connectivity index (χ0v) is 47.0. The lowest BCUT2D eigenvalue weighted by atomic mass is 9.99. The summed E-state index contributed by atoms with van der Waals surface area (Å²) in [5.74, 6) is -0.205. The fraction of sp³-hybridized carbons (Fsp3) is 0.621. The molecule has 0 aromatic carbocycles. The van der Waals surface area contributed by atoms with Gasteiger partial charge in [0.2, 0.25) is 5.91 Å². The number of ether oxygens (including phenoxy) is 2. The van der Waals surface area contributed by atoms with Crippen LogP contribution in [0, 0.1) is 0 Å². The van der Waals surface area contributed by atoms with E-state index in [2.05, 4.69) is 153 Å². The quantitative estimate of drug-likeness (QED) is 0.0261. The second kappa shape index (κ2) is 53.5. The van der Waals surface area contributed by atoms with Crippen molar-refractivity contribution in [1.29, 1.82) is 0 Å². The number of hydrogen-bond donors (Lipinski definition) is 6. The van der Waals surface area contributed by atoms with E-state index in [0.717, 1.165) is 122 Å². The highest BCUT2D eigenvalue weighted by molar-refractivity contribution is 5.76. The molecule has 0 radical (unpaired) electrons. The van der Waals surface area contributed by atoms with Gasteiger partial charge in [-0.15, -0.1) is 0 Å².